The van der Waals surface area contributed by atoms with E-state index in [0.29, 0.717) is 12.0 Å². The van der Waals surface area contributed by atoms with Gasteiger partial charge in [-0.15, -0.1) is 0 Å². The molecule has 1 aliphatic heterocycles. The minimum absolute atomic E-state index is 0.347. The number of pyridine rings is 1. The Morgan fingerprint density at radius 2 is 1.84 bits per heavy atom. The minimum Gasteiger partial charge on any atom is -0.368 e. The number of rotatable bonds is 6. The van der Waals surface area contributed by atoms with Crippen LogP contribution in [0.3, 0.4) is 0 Å². The lowest BCUT2D eigenvalue weighted by Gasteiger charge is -2.17. The Balaban J connectivity index is 1.65. The SMILES string of the molecule is NC(=O)[C@H](Cc1ccccc1)NC(=O)c1ccc(N2CCCC2)nc1. The van der Waals surface area contributed by atoms with Crippen molar-refractivity contribution >= 4 is 17.6 Å². The Labute approximate surface area is 147 Å². The van der Waals surface area contributed by atoms with Crippen LogP contribution in [-0.4, -0.2) is 35.9 Å². The lowest BCUT2D eigenvalue weighted by Crippen LogP contribution is -2.45. The first kappa shape index (κ1) is 17.0. The van der Waals surface area contributed by atoms with Crippen molar-refractivity contribution in [3.63, 3.8) is 0 Å². The van der Waals surface area contributed by atoms with Gasteiger partial charge in [-0.3, -0.25) is 9.59 Å². The Kier molecular flexibility index (Phi) is 5.28. The second-order valence-electron chi connectivity index (χ2n) is 6.22. The molecule has 0 spiro atoms. The van der Waals surface area contributed by atoms with Crippen molar-refractivity contribution in [2.24, 2.45) is 5.73 Å². The van der Waals surface area contributed by atoms with Crippen molar-refractivity contribution in [3.8, 4) is 0 Å². The number of carbonyl (C=O) groups excluding carboxylic acids is 2. The molecule has 3 rings (SSSR count). The maximum Gasteiger partial charge on any atom is 0.253 e. The summed E-state index contributed by atoms with van der Waals surface area (Å²) < 4.78 is 0. The van der Waals surface area contributed by atoms with Crippen molar-refractivity contribution in [2.45, 2.75) is 25.3 Å². The standard InChI is InChI=1S/C19H22N4O2/c20-18(24)16(12-14-6-2-1-3-7-14)22-19(25)15-8-9-17(21-13-15)23-10-4-5-11-23/h1-3,6-9,13,16H,4-5,10-12H2,(H2,20,24)(H,22,25)/t16-/m0/s1. The fourth-order valence-electron chi connectivity index (χ4n) is 2.97. The molecule has 1 fully saturated rings. The van der Waals surface area contributed by atoms with Crippen molar-refractivity contribution in [2.75, 3.05) is 18.0 Å². The first-order valence-corrected chi connectivity index (χ1v) is 8.48. The van der Waals surface area contributed by atoms with Gasteiger partial charge in [0, 0.05) is 25.7 Å². The monoisotopic (exact) mass is 338 g/mol. The van der Waals surface area contributed by atoms with E-state index >= 15 is 0 Å². The van der Waals surface area contributed by atoms with Crippen molar-refractivity contribution in [3.05, 3.63) is 59.8 Å². The van der Waals surface area contributed by atoms with Crippen LogP contribution in [0.4, 0.5) is 5.82 Å². The third-order valence-corrected chi connectivity index (χ3v) is 4.37. The molecule has 0 aliphatic carbocycles. The van der Waals surface area contributed by atoms with E-state index in [4.69, 9.17) is 5.73 Å². The highest BCUT2D eigenvalue weighted by atomic mass is 16.2. The van der Waals surface area contributed by atoms with E-state index in [1.54, 1.807) is 12.3 Å². The lowest BCUT2D eigenvalue weighted by atomic mass is 10.1. The van der Waals surface area contributed by atoms with Crippen molar-refractivity contribution < 1.29 is 9.59 Å². The zero-order valence-electron chi connectivity index (χ0n) is 14.0. The largest absolute Gasteiger partial charge is 0.368 e. The van der Waals surface area contributed by atoms with Crippen LogP contribution in [0.5, 0.6) is 0 Å². The Morgan fingerprint density at radius 1 is 1.12 bits per heavy atom. The highest BCUT2D eigenvalue weighted by molar-refractivity contribution is 5.97. The second-order valence-corrected chi connectivity index (χ2v) is 6.22. The average molecular weight is 338 g/mol. The van der Waals surface area contributed by atoms with Crippen LogP contribution in [0.2, 0.25) is 0 Å². The number of carbonyl (C=O) groups is 2. The molecule has 0 radical (unpaired) electrons. The lowest BCUT2D eigenvalue weighted by molar-refractivity contribution is -0.119. The first-order valence-electron chi connectivity index (χ1n) is 8.48. The molecule has 0 saturated carbocycles. The predicted octanol–water partition coefficient (Wildman–Crippen LogP) is 1.51. The smallest absolute Gasteiger partial charge is 0.253 e. The average Bonchev–Trinajstić information content (AvgIpc) is 3.16. The van der Waals surface area contributed by atoms with Gasteiger partial charge in [-0.25, -0.2) is 4.98 Å². The van der Waals surface area contributed by atoms with Gasteiger partial charge in [0.05, 0.1) is 5.56 Å². The van der Waals surface area contributed by atoms with Gasteiger partial charge in [0.25, 0.3) is 5.91 Å². The van der Waals surface area contributed by atoms with Gasteiger partial charge in [-0.2, -0.15) is 0 Å². The molecule has 6 heteroatoms. The number of hydrogen-bond acceptors (Lipinski definition) is 4. The summed E-state index contributed by atoms with van der Waals surface area (Å²) in [6.07, 6.45) is 4.25. The third-order valence-electron chi connectivity index (χ3n) is 4.37. The summed E-state index contributed by atoms with van der Waals surface area (Å²) in [6, 6.07) is 12.3. The zero-order chi connectivity index (χ0) is 17.6. The van der Waals surface area contributed by atoms with Gasteiger partial charge in [0.15, 0.2) is 0 Å². The highest BCUT2D eigenvalue weighted by Crippen LogP contribution is 2.17. The van der Waals surface area contributed by atoms with E-state index in [9.17, 15) is 9.59 Å². The number of nitrogens with one attached hydrogen (secondary N) is 1. The van der Waals surface area contributed by atoms with Gasteiger partial charge in [-0.1, -0.05) is 30.3 Å². The van der Waals surface area contributed by atoms with Gasteiger partial charge >= 0.3 is 0 Å². The van der Waals surface area contributed by atoms with Gasteiger partial charge in [0.1, 0.15) is 11.9 Å². The molecule has 1 aromatic carbocycles. The molecule has 3 N–H and O–H groups in total. The number of amides is 2. The van der Waals surface area contributed by atoms with E-state index < -0.39 is 11.9 Å². The van der Waals surface area contributed by atoms with Crippen LogP contribution >= 0.6 is 0 Å². The van der Waals surface area contributed by atoms with Crippen LogP contribution < -0.4 is 16.0 Å². The predicted molar refractivity (Wildman–Crippen MR) is 96.3 cm³/mol. The molecule has 1 aliphatic rings. The molecule has 6 nitrogen and oxygen atoms in total. The Morgan fingerprint density at radius 3 is 2.44 bits per heavy atom. The molecule has 0 unspecified atom stereocenters. The summed E-state index contributed by atoms with van der Waals surface area (Å²) >= 11 is 0. The number of aromatic nitrogens is 1. The molecular weight excluding hydrogens is 316 g/mol. The first-order chi connectivity index (χ1) is 12.1. The van der Waals surface area contributed by atoms with E-state index in [1.807, 2.05) is 36.4 Å². The third kappa shape index (κ3) is 4.35. The maximum atomic E-state index is 12.4. The second kappa shape index (κ2) is 7.79. The Bertz CT molecular complexity index is 725. The topological polar surface area (TPSA) is 88.3 Å². The normalized spacial score (nSPS) is 15.0. The number of benzene rings is 1. The number of primary amides is 1. The molecule has 0 bridgehead atoms. The molecule has 130 valence electrons. The molecule has 1 saturated heterocycles. The number of anilines is 1. The number of nitrogens with two attached hydrogens (primary N) is 1. The number of nitrogens with zero attached hydrogens (tertiary/aromatic N) is 2. The van der Waals surface area contributed by atoms with Gasteiger partial charge in [0.2, 0.25) is 5.91 Å². The Hall–Kier alpha value is -2.89. The maximum absolute atomic E-state index is 12.4. The summed E-state index contributed by atoms with van der Waals surface area (Å²) in [5.74, 6) is -0.0242. The van der Waals surface area contributed by atoms with E-state index in [2.05, 4.69) is 15.2 Å². The summed E-state index contributed by atoms with van der Waals surface area (Å²) in [6.45, 7) is 2.00. The van der Waals surface area contributed by atoms with Crippen LogP contribution in [0.25, 0.3) is 0 Å². The molecule has 1 atom stereocenters. The van der Waals surface area contributed by atoms with E-state index in [-0.39, 0.29) is 5.91 Å². The van der Waals surface area contributed by atoms with Crippen LogP contribution in [0.1, 0.15) is 28.8 Å². The van der Waals surface area contributed by atoms with Crippen LogP contribution in [0, 0.1) is 0 Å². The fraction of sp³-hybridized carbons (Fsp3) is 0.316. The summed E-state index contributed by atoms with van der Waals surface area (Å²) in [4.78, 5) is 30.7. The fourth-order valence-corrected chi connectivity index (χ4v) is 2.97. The summed E-state index contributed by atoms with van der Waals surface area (Å²) in [5, 5.41) is 2.70. The molecule has 25 heavy (non-hydrogen) atoms. The van der Waals surface area contributed by atoms with E-state index in [1.165, 1.54) is 12.8 Å². The molecule has 2 heterocycles. The van der Waals surface area contributed by atoms with Crippen molar-refractivity contribution in [1.82, 2.24) is 10.3 Å². The van der Waals surface area contributed by atoms with Crippen LogP contribution in [-0.2, 0) is 11.2 Å². The molecular formula is C19H22N4O2. The van der Waals surface area contributed by atoms with Gasteiger partial charge in [-0.05, 0) is 30.5 Å². The molecule has 1 aromatic heterocycles. The van der Waals surface area contributed by atoms with E-state index in [0.717, 1.165) is 24.5 Å². The van der Waals surface area contributed by atoms with Crippen molar-refractivity contribution in [1.29, 1.82) is 0 Å². The molecule has 2 aromatic rings. The summed E-state index contributed by atoms with van der Waals surface area (Å²) in [7, 11) is 0. The number of hydrogen-bond donors (Lipinski definition) is 2. The highest BCUT2D eigenvalue weighted by Gasteiger charge is 2.20. The minimum atomic E-state index is -0.756. The quantitative estimate of drug-likeness (QED) is 0.835. The van der Waals surface area contributed by atoms with Crippen LogP contribution in [0.15, 0.2) is 48.7 Å². The zero-order valence-corrected chi connectivity index (χ0v) is 14.0. The summed E-state index contributed by atoms with van der Waals surface area (Å²) in [5.41, 5.74) is 6.80. The molecule has 2 amide bonds. The van der Waals surface area contributed by atoms with Gasteiger partial charge < -0.3 is 16.0 Å².